The van der Waals surface area contributed by atoms with Crippen LogP contribution in [0.15, 0.2) is 30.3 Å². The van der Waals surface area contributed by atoms with Crippen LogP contribution in [0.5, 0.6) is 0 Å². The summed E-state index contributed by atoms with van der Waals surface area (Å²) >= 11 is 0. The summed E-state index contributed by atoms with van der Waals surface area (Å²) in [5.41, 5.74) is 0.655. The van der Waals surface area contributed by atoms with Gasteiger partial charge >= 0.3 is 65.1 Å². The first-order valence-electron chi connectivity index (χ1n) is 7.68. The minimum Gasteiger partial charge on any atom is -0.790 e. The number of carbonyl (C=O) groups excluding carboxylic acids is 1. The van der Waals surface area contributed by atoms with E-state index in [0.717, 1.165) is 25.7 Å². The van der Waals surface area contributed by atoms with E-state index in [0.29, 0.717) is 12.1 Å². The van der Waals surface area contributed by atoms with Crippen LogP contribution in [0.25, 0.3) is 0 Å². The summed E-state index contributed by atoms with van der Waals surface area (Å²) in [6.07, 6.45) is 4.15. The van der Waals surface area contributed by atoms with E-state index in [1.165, 1.54) is 0 Å². The van der Waals surface area contributed by atoms with Gasteiger partial charge in [-0.15, -0.1) is 0 Å². The number of amides is 2. The minimum atomic E-state index is -5.09. The molecule has 0 saturated heterocycles. The molecule has 0 bridgehead atoms. The Morgan fingerprint density at radius 1 is 1.16 bits per heavy atom. The maximum Gasteiger partial charge on any atom is 1.00 e. The number of nitrogens with one attached hydrogen (secondary N) is 2. The first kappa shape index (κ1) is 27.8. The molecule has 0 fully saturated rings. The molecule has 0 aliphatic rings. The maximum atomic E-state index is 11.9. The Bertz CT molecular complexity index is 516. The molecule has 0 heterocycles. The second kappa shape index (κ2) is 15.6. The Hall–Kier alpha value is 0.600. The molecule has 7 nitrogen and oxygen atoms in total. The molecule has 0 aromatic heterocycles. The number of urea groups is 1. The molecule has 2 N–H and O–H groups in total. The third-order valence-corrected chi connectivity index (χ3v) is 3.69. The van der Waals surface area contributed by atoms with E-state index >= 15 is 0 Å². The largest absolute Gasteiger partial charge is 1.00 e. The number of carbonyl (C=O) groups is 1. The molecule has 0 aliphatic heterocycles. The Morgan fingerprint density at radius 3 is 2.36 bits per heavy atom. The van der Waals surface area contributed by atoms with Crippen LogP contribution < -0.4 is 79.5 Å². The fourth-order valence-corrected chi connectivity index (χ4v) is 2.37. The van der Waals surface area contributed by atoms with E-state index in [4.69, 9.17) is 0 Å². The summed E-state index contributed by atoms with van der Waals surface area (Å²) < 4.78 is 15.0. The number of rotatable bonds is 10. The van der Waals surface area contributed by atoms with Gasteiger partial charge in [-0.1, -0.05) is 56.5 Å². The standard InChI is InChI=1S/C15H25N2O5P.2Na/c1-2-3-4-8-11-16-15(18)17-14(12-22-23(19,20)21)13-9-6-5-7-10-13;;/h5-7,9-10,14H,2-4,8,11-12H2,1H3,(H2,16,17,18)(H2,19,20,21);;/q;2*+1/p-2/t14-;;/m1../s1. The molecule has 0 spiro atoms. The molecule has 0 aliphatic carbocycles. The SMILES string of the molecule is CCCCCCNC(=O)N[C@H](COP(=O)([O-])[O-])c1ccccc1.[Na+].[Na+]. The van der Waals surface area contributed by atoms with E-state index in [9.17, 15) is 19.1 Å². The smallest absolute Gasteiger partial charge is 0.790 e. The van der Waals surface area contributed by atoms with E-state index < -0.39 is 26.5 Å². The van der Waals surface area contributed by atoms with Crippen molar-refractivity contribution in [2.24, 2.45) is 0 Å². The summed E-state index contributed by atoms with van der Waals surface area (Å²) in [7, 11) is -5.09. The van der Waals surface area contributed by atoms with Crippen molar-refractivity contribution in [1.82, 2.24) is 10.6 Å². The second-order valence-electron chi connectivity index (χ2n) is 5.17. The average Bonchev–Trinajstić information content (AvgIpc) is 2.51. The van der Waals surface area contributed by atoms with E-state index in [1.54, 1.807) is 30.3 Å². The van der Waals surface area contributed by atoms with Gasteiger partial charge in [-0.05, 0) is 12.0 Å². The van der Waals surface area contributed by atoms with Crippen molar-refractivity contribution in [2.75, 3.05) is 13.2 Å². The Balaban J connectivity index is 0. The number of hydrogen-bond donors (Lipinski definition) is 2. The molecular formula is C15H23N2Na2O5P. The van der Waals surface area contributed by atoms with Gasteiger partial charge in [-0.25, -0.2) is 4.79 Å². The predicted octanol–water partition coefficient (Wildman–Crippen LogP) is -4.54. The number of unbranched alkanes of at least 4 members (excludes halogenated alkanes) is 3. The second-order valence-corrected chi connectivity index (χ2v) is 6.32. The Labute approximate surface area is 193 Å². The molecule has 1 atom stereocenters. The normalized spacial score (nSPS) is 11.6. The van der Waals surface area contributed by atoms with Crippen molar-refractivity contribution < 1.29 is 82.8 Å². The maximum absolute atomic E-state index is 11.9. The van der Waals surface area contributed by atoms with Crippen LogP contribution in [0.3, 0.4) is 0 Å². The summed E-state index contributed by atoms with van der Waals surface area (Å²) in [6, 6.07) is 7.59. The zero-order valence-corrected chi connectivity index (χ0v) is 20.1. The van der Waals surface area contributed by atoms with Gasteiger partial charge in [0.2, 0.25) is 0 Å². The Kier molecular flexibility index (Phi) is 17.4. The summed E-state index contributed by atoms with van der Waals surface area (Å²) in [6.45, 7) is 2.21. The van der Waals surface area contributed by atoms with Gasteiger partial charge in [-0.2, -0.15) is 0 Å². The van der Waals surface area contributed by atoms with Gasteiger partial charge in [0, 0.05) is 6.54 Å². The van der Waals surface area contributed by atoms with Crippen molar-refractivity contribution in [3.63, 3.8) is 0 Å². The number of phosphoric acid groups is 1. The third-order valence-electron chi connectivity index (χ3n) is 3.22. The van der Waals surface area contributed by atoms with Gasteiger partial charge in [0.1, 0.15) is 0 Å². The first-order valence-corrected chi connectivity index (χ1v) is 9.14. The molecular weight excluding hydrogens is 365 g/mol. The van der Waals surface area contributed by atoms with Crippen LogP contribution in [0.2, 0.25) is 0 Å². The zero-order chi connectivity index (χ0) is 17.1. The summed E-state index contributed by atoms with van der Waals surface area (Å²) in [5.74, 6) is 0. The monoisotopic (exact) mass is 388 g/mol. The summed E-state index contributed by atoms with van der Waals surface area (Å²) in [5, 5.41) is 5.33. The average molecular weight is 388 g/mol. The molecule has 1 aromatic carbocycles. The minimum absolute atomic E-state index is 0. The van der Waals surface area contributed by atoms with Gasteiger partial charge < -0.3 is 29.5 Å². The van der Waals surface area contributed by atoms with Crippen molar-refractivity contribution in [1.29, 1.82) is 0 Å². The van der Waals surface area contributed by atoms with Crippen molar-refractivity contribution in [2.45, 2.75) is 38.6 Å². The first-order chi connectivity index (χ1) is 10.9. The van der Waals surface area contributed by atoms with Gasteiger partial charge in [0.05, 0.1) is 20.5 Å². The van der Waals surface area contributed by atoms with Crippen molar-refractivity contribution >= 4 is 13.9 Å². The van der Waals surface area contributed by atoms with E-state index in [2.05, 4.69) is 22.1 Å². The number of benzene rings is 1. The predicted molar refractivity (Wildman–Crippen MR) is 83.4 cm³/mol. The molecule has 10 heteroatoms. The van der Waals surface area contributed by atoms with Crippen LogP contribution in [-0.2, 0) is 9.09 Å². The summed E-state index contributed by atoms with van der Waals surface area (Å²) in [4.78, 5) is 33.2. The van der Waals surface area contributed by atoms with Crippen LogP contribution >= 0.6 is 7.82 Å². The van der Waals surface area contributed by atoms with Gasteiger partial charge in [0.15, 0.2) is 0 Å². The van der Waals surface area contributed by atoms with Crippen LogP contribution in [0, 0.1) is 0 Å². The molecule has 130 valence electrons. The molecule has 1 rings (SSSR count). The quantitative estimate of drug-likeness (QED) is 0.238. The van der Waals surface area contributed by atoms with Gasteiger partial charge in [0.25, 0.3) is 0 Å². The van der Waals surface area contributed by atoms with Crippen molar-refractivity contribution in [3.05, 3.63) is 35.9 Å². The van der Waals surface area contributed by atoms with Crippen LogP contribution in [-0.4, -0.2) is 19.2 Å². The van der Waals surface area contributed by atoms with Crippen LogP contribution in [0.4, 0.5) is 4.79 Å². The molecule has 1 aromatic rings. The zero-order valence-electron chi connectivity index (χ0n) is 15.2. The fourth-order valence-electron chi connectivity index (χ4n) is 2.04. The number of hydrogen-bond acceptors (Lipinski definition) is 5. The van der Waals surface area contributed by atoms with Gasteiger partial charge in [-0.3, -0.25) is 0 Å². The van der Waals surface area contributed by atoms with E-state index in [1.807, 2.05) is 0 Å². The topological polar surface area (TPSA) is 114 Å². The molecule has 25 heavy (non-hydrogen) atoms. The molecule has 0 unspecified atom stereocenters. The van der Waals surface area contributed by atoms with Crippen molar-refractivity contribution in [3.8, 4) is 0 Å². The molecule has 0 radical (unpaired) electrons. The van der Waals surface area contributed by atoms with E-state index in [-0.39, 0.29) is 59.1 Å². The van der Waals surface area contributed by atoms with Crippen LogP contribution in [0.1, 0.15) is 44.2 Å². The molecule has 2 amide bonds. The molecule has 0 saturated carbocycles. The number of phosphoric ester groups is 1. The third kappa shape index (κ3) is 14.3. The Morgan fingerprint density at radius 2 is 1.80 bits per heavy atom. The fraction of sp³-hybridized carbons (Fsp3) is 0.533.